The monoisotopic (exact) mass is 300 g/mol. The summed E-state index contributed by atoms with van der Waals surface area (Å²) in [4.78, 5) is 36.9. The van der Waals surface area contributed by atoms with Gasteiger partial charge in [0.1, 0.15) is 12.2 Å². The predicted octanol–water partition coefficient (Wildman–Crippen LogP) is -3.99. The molecule has 2 heterocycles. The first-order chi connectivity index (χ1) is 9.86. The van der Waals surface area contributed by atoms with Crippen molar-refractivity contribution in [3.8, 4) is 0 Å². The Kier molecular flexibility index (Phi) is 4.07. The van der Waals surface area contributed by atoms with E-state index in [4.69, 9.17) is 16.2 Å². The van der Waals surface area contributed by atoms with E-state index in [-0.39, 0.29) is 0 Å². The van der Waals surface area contributed by atoms with E-state index in [1.165, 1.54) is 0 Å². The van der Waals surface area contributed by atoms with Crippen molar-refractivity contribution >= 4 is 5.78 Å². The number of nitrogens with one attached hydrogen (secondary N) is 1. The first-order valence-electron chi connectivity index (χ1n) is 6.14. The molecule has 1 aromatic heterocycles. The molecule has 0 radical (unpaired) electrons. The lowest BCUT2D eigenvalue weighted by molar-refractivity contribution is -0.129. The number of nitrogens with zero attached hydrogens (tertiary/aromatic N) is 1. The largest absolute Gasteiger partial charge is 0.394 e. The number of hydrogen-bond donors (Lipinski definition) is 5. The summed E-state index contributed by atoms with van der Waals surface area (Å²) in [6.07, 6.45) is -3.02. The fourth-order valence-corrected chi connectivity index (χ4v) is 2.34. The summed E-state index contributed by atoms with van der Waals surface area (Å²) < 4.78 is 6.18. The lowest BCUT2D eigenvalue weighted by atomic mass is 9.86. The zero-order valence-corrected chi connectivity index (χ0v) is 10.9. The molecule has 116 valence electrons. The van der Waals surface area contributed by atoms with E-state index in [2.05, 4.69) is 0 Å². The molecular weight excluding hydrogens is 284 g/mol. The lowest BCUT2D eigenvalue weighted by Crippen LogP contribution is -2.63. The maximum atomic E-state index is 12.0. The van der Waals surface area contributed by atoms with Gasteiger partial charge in [-0.05, 0) is 0 Å². The molecule has 21 heavy (non-hydrogen) atoms. The number of aromatic amines is 1. The highest BCUT2D eigenvalue weighted by Gasteiger charge is 2.58. The van der Waals surface area contributed by atoms with Crippen LogP contribution in [0, 0.1) is 0 Å². The third-order valence-corrected chi connectivity index (χ3v) is 3.51. The molecule has 10 nitrogen and oxygen atoms in total. The molecule has 0 amide bonds. The molecule has 10 heteroatoms. The van der Waals surface area contributed by atoms with Gasteiger partial charge in [0.25, 0.3) is 5.56 Å². The Balaban J connectivity index is 2.56. The van der Waals surface area contributed by atoms with E-state index in [1.807, 2.05) is 4.98 Å². The van der Waals surface area contributed by atoms with E-state index in [1.54, 1.807) is 0 Å². The molecule has 0 aromatic carbocycles. The molecule has 1 saturated heterocycles. The van der Waals surface area contributed by atoms with E-state index < -0.39 is 54.2 Å². The van der Waals surface area contributed by atoms with Gasteiger partial charge in [-0.25, -0.2) is 4.79 Å². The maximum absolute atomic E-state index is 12.0. The second-order valence-corrected chi connectivity index (χ2v) is 4.73. The van der Waals surface area contributed by atoms with Gasteiger partial charge in [-0.15, -0.1) is 0 Å². The van der Waals surface area contributed by atoms with Gasteiger partial charge in [-0.2, -0.15) is 0 Å². The van der Waals surface area contributed by atoms with Crippen molar-refractivity contribution in [2.24, 2.45) is 11.5 Å². The first-order valence-corrected chi connectivity index (χ1v) is 6.14. The Bertz CT molecular complexity index is 655. The number of aromatic nitrogens is 2. The summed E-state index contributed by atoms with van der Waals surface area (Å²) in [5, 5.41) is 19.3. The molecule has 2 unspecified atom stereocenters. The van der Waals surface area contributed by atoms with Gasteiger partial charge in [0.2, 0.25) is 0 Å². The minimum atomic E-state index is -2.01. The van der Waals surface area contributed by atoms with E-state index in [0.717, 1.165) is 16.8 Å². The van der Waals surface area contributed by atoms with Gasteiger partial charge < -0.3 is 26.4 Å². The van der Waals surface area contributed by atoms with E-state index >= 15 is 0 Å². The third-order valence-electron chi connectivity index (χ3n) is 3.51. The van der Waals surface area contributed by atoms with E-state index in [9.17, 15) is 24.6 Å². The number of carbonyl (C=O) groups is 1. The number of rotatable bonds is 4. The number of nitrogens with two attached hydrogens (primary N) is 2. The Hall–Kier alpha value is -1.85. The average molecular weight is 300 g/mol. The van der Waals surface area contributed by atoms with Crippen molar-refractivity contribution in [1.82, 2.24) is 9.55 Å². The van der Waals surface area contributed by atoms with Crippen LogP contribution in [0.4, 0.5) is 0 Å². The van der Waals surface area contributed by atoms with Crippen LogP contribution >= 0.6 is 0 Å². The second-order valence-electron chi connectivity index (χ2n) is 4.73. The van der Waals surface area contributed by atoms with Crippen LogP contribution in [0.2, 0.25) is 0 Å². The van der Waals surface area contributed by atoms with Crippen LogP contribution < -0.4 is 22.7 Å². The van der Waals surface area contributed by atoms with Gasteiger partial charge in [-0.1, -0.05) is 0 Å². The van der Waals surface area contributed by atoms with Crippen molar-refractivity contribution in [2.45, 2.75) is 24.0 Å². The number of aliphatic hydroxyl groups is 2. The predicted molar refractivity (Wildman–Crippen MR) is 69.3 cm³/mol. The molecule has 0 saturated carbocycles. The molecule has 1 fully saturated rings. The Morgan fingerprint density at radius 3 is 2.71 bits per heavy atom. The topological polar surface area (TPSA) is 174 Å². The first kappa shape index (κ1) is 15.5. The van der Waals surface area contributed by atoms with Crippen LogP contribution in [0.25, 0.3) is 0 Å². The SMILES string of the molecule is NCC(=O)C1(N)C(O)[C@H](CO)O[C@@H]1n1ccc(=O)[nH]c1=O. The van der Waals surface area contributed by atoms with Crippen LogP contribution in [-0.4, -0.2) is 56.4 Å². The zero-order chi connectivity index (χ0) is 15.8. The number of carbonyl (C=O) groups excluding carboxylic acids is 1. The van der Waals surface area contributed by atoms with Crippen molar-refractivity contribution in [3.63, 3.8) is 0 Å². The Labute approximate surface area is 117 Å². The molecule has 0 spiro atoms. The van der Waals surface area contributed by atoms with Gasteiger partial charge in [0.05, 0.1) is 13.2 Å². The maximum Gasteiger partial charge on any atom is 0.330 e. The highest BCUT2D eigenvalue weighted by atomic mass is 16.5. The normalized spacial score (nSPS) is 32.3. The van der Waals surface area contributed by atoms with Gasteiger partial charge in [-0.3, -0.25) is 19.1 Å². The van der Waals surface area contributed by atoms with Crippen LogP contribution in [0.15, 0.2) is 21.9 Å². The number of Topliss-reactive ketones (excluding diaryl/α,β-unsaturated/α-hetero) is 1. The molecule has 1 aromatic rings. The van der Waals surface area contributed by atoms with Gasteiger partial charge in [0.15, 0.2) is 17.6 Å². The number of H-pyrrole nitrogens is 1. The number of hydrogen-bond acceptors (Lipinski definition) is 8. The molecule has 1 aliphatic heterocycles. The quantitative estimate of drug-likeness (QED) is 0.374. The van der Waals surface area contributed by atoms with Crippen LogP contribution in [0.5, 0.6) is 0 Å². The summed E-state index contributed by atoms with van der Waals surface area (Å²) in [5.41, 5.74) is 7.71. The fraction of sp³-hybridized carbons (Fsp3) is 0.545. The van der Waals surface area contributed by atoms with Crippen molar-refractivity contribution in [2.75, 3.05) is 13.2 Å². The highest BCUT2D eigenvalue weighted by molar-refractivity contribution is 5.91. The molecule has 0 aliphatic carbocycles. The molecule has 4 atom stereocenters. The summed E-state index contributed by atoms with van der Waals surface area (Å²) in [5.74, 6) is -0.742. The van der Waals surface area contributed by atoms with Gasteiger partial charge in [0, 0.05) is 12.3 Å². The molecular formula is C11H16N4O6. The summed E-state index contributed by atoms with van der Waals surface area (Å²) in [7, 11) is 0. The van der Waals surface area contributed by atoms with Crippen molar-refractivity contribution < 1.29 is 19.7 Å². The molecule has 0 bridgehead atoms. The minimum Gasteiger partial charge on any atom is -0.394 e. The van der Waals surface area contributed by atoms with Crippen molar-refractivity contribution in [1.29, 1.82) is 0 Å². The zero-order valence-electron chi connectivity index (χ0n) is 10.9. The fourth-order valence-electron chi connectivity index (χ4n) is 2.34. The highest BCUT2D eigenvalue weighted by Crippen LogP contribution is 2.36. The van der Waals surface area contributed by atoms with Crippen LogP contribution in [-0.2, 0) is 9.53 Å². The number of aliphatic hydroxyl groups excluding tert-OH is 2. The second kappa shape index (κ2) is 5.50. The smallest absolute Gasteiger partial charge is 0.330 e. The Morgan fingerprint density at radius 1 is 1.52 bits per heavy atom. The number of ketones is 1. The minimum absolute atomic E-state index is 0.482. The number of ether oxygens (including phenoxy) is 1. The van der Waals surface area contributed by atoms with Crippen LogP contribution in [0.3, 0.4) is 0 Å². The molecule has 1 aliphatic rings. The lowest BCUT2D eigenvalue weighted by Gasteiger charge is -2.31. The standard InChI is InChI=1S/C11H16N4O6/c12-3-6(17)11(13)8(19)5(4-16)21-9(11)15-2-1-7(18)14-10(15)20/h1-2,5,8-9,16,19H,3-4,12-13H2,(H,14,18,20)/t5-,8?,9-,11?/m0/s1. The molecule has 7 N–H and O–H groups in total. The summed E-state index contributed by atoms with van der Waals surface area (Å²) in [6, 6.07) is 1.04. The molecule has 2 rings (SSSR count). The summed E-state index contributed by atoms with van der Waals surface area (Å²) in [6.45, 7) is -1.09. The van der Waals surface area contributed by atoms with Gasteiger partial charge >= 0.3 is 5.69 Å². The van der Waals surface area contributed by atoms with Crippen LogP contribution in [0.1, 0.15) is 6.23 Å². The third kappa shape index (κ3) is 2.32. The Morgan fingerprint density at radius 2 is 2.19 bits per heavy atom. The van der Waals surface area contributed by atoms with E-state index in [0.29, 0.717) is 0 Å². The summed E-state index contributed by atoms with van der Waals surface area (Å²) >= 11 is 0. The average Bonchev–Trinajstić information content (AvgIpc) is 2.72. The van der Waals surface area contributed by atoms with Crippen molar-refractivity contribution in [3.05, 3.63) is 33.1 Å².